The normalized spacial score (nSPS) is 10.3. The predicted octanol–water partition coefficient (Wildman–Crippen LogP) is 3.52. The molecule has 0 amide bonds. The third kappa shape index (κ3) is 4.56. The fourth-order valence-electron chi connectivity index (χ4n) is 1.78. The van der Waals surface area contributed by atoms with Crippen LogP contribution in [0.2, 0.25) is 0 Å². The quantitative estimate of drug-likeness (QED) is 0.829. The molecule has 1 aromatic heterocycles. The van der Waals surface area contributed by atoms with Gasteiger partial charge in [0.1, 0.15) is 0 Å². The lowest BCUT2D eigenvalue weighted by atomic mass is 10.2. The van der Waals surface area contributed by atoms with E-state index in [-0.39, 0.29) is 0 Å². The van der Waals surface area contributed by atoms with E-state index in [0.29, 0.717) is 24.5 Å². The number of ether oxygens (including phenoxy) is 1. The van der Waals surface area contributed by atoms with E-state index in [4.69, 9.17) is 4.74 Å². The SMILES string of the molecule is CCNc1nc(Nc2cc(C)cc(Br)c2)nc(OCC)n1. The first kappa shape index (κ1) is 15.5. The van der Waals surface area contributed by atoms with Crippen LogP contribution in [-0.4, -0.2) is 28.1 Å². The van der Waals surface area contributed by atoms with E-state index in [2.05, 4.69) is 41.5 Å². The highest BCUT2D eigenvalue weighted by Crippen LogP contribution is 2.22. The molecule has 112 valence electrons. The molecule has 0 radical (unpaired) electrons. The fourth-order valence-corrected chi connectivity index (χ4v) is 2.39. The number of anilines is 3. The minimum Gasteiger partial charge on any atom is -0.464 e. The van der Waals surface area contributed by atoms with Crippen molar-refractivity contribution in [3.05, 3.63) is 28.2 Å². The van der Waals surface area contributed by atoms with Crippen LogP contribution in [0.15, 0.2) is 22.7 Å². The van der Waals surface area contributed by atoms with E-state index in [1.165, 1.54) is 0 Å². The Kier molecular flexibility index (Phi) is 5.32. The molecule has 2 N–H and O–H groups in total. The predicted molar refractivity (Wildman–Crippen MR) is 87.3 cm³/mol. The van der Waals surface area contributed by atoms with Crippen LogP contribution in [-0.2, 0) is 0 Å². The first-order valence-electron chi connectivity index (χ1n) is 6.77. The van der Waals surface area contributed by atoms with Crippen LogP contribution >= 0.6 is 15.9 Å². The molecule has 7 heteroatoms. The van der Waals surface area contributed by atoms with Crippen molar-refractivity contribution in [1.82, 2.24) is 15.0 Å². The Balaban J connectivity index is 2.28. The van der Waals surface area contributed by atoms with Gasteiger partial charge >= 0.3 is 6.01 Å². The summed E-state index contributed by atoms with van der Waals surface area (Å²) in [6, 6.07) is 6.32. The summed E-state index contributed by atoms with van der Waals surface area (Å²) in [5.74, 6) is 0.937. The summed E-state index contributed by atoms with van der Waals surface area (Å²) >= 11 is 3.47. The van der Waals surface area contributed by atoms with Crippen molar-refractivity contribution in [2.75, 3.05) is 23.8 Å². The second kappa shape index (κ2) is 7.21. The van der Waals surface area contributed by atoms with Crippen LogP contribution in [0.1, 0.15) is 19.4 Å². The van der Waals surface area contributed by atoms with Crippen molar-refractivity contribution in [3.8, 4) is 6.01 Å². The Labute approximate surface area is 132 Å². The number of hydrogen-bond acceptors (Lipinski definition) is 6. The number of rotatable bonds is 6. The number of nitrogens with one attached hydrogen (secondary N) is 2. The van der Waals surface area contributed by atoms with E-state index < -0.39 is 0 Å². The Morgan fingerprint density at radius 1 is 1.10 bits per heavy atom. The number of benzene rings is 1. The Morgan fingerprint density at radius 2 is 1.86 bits per heavy atom. The molecular weight excluding hydrogens is 334 g/mol. The van der Waals surface area contributed by atoms with Crippen molar-refractivity contribution in [2.45, 2.75) is 20.8 Å². The molecule has 0 aliphatic heterocycles. The molecule has 0 saturated carbocycles. The van der Waals surface area contributed by atoms with Gasteiger partial charge in [-0.3, -0.25) is 0 Å². The van der Waals surface area contributed by atoms with Gasteiger partial charge in [-0.25, -0.2) is 0 Å². The van der Waals surface area contributed by atoms with E-state index in [0.717, 1.165) is 22.3 Å². The molecule has 0 unspecified atom stereocenters. The molecule has 6 nitrogen and oxygen atoms in total. The van der Waals surface area contributed by atoms with E-state index in [9.17, 15) is 0 Å². The van der Waals surface area contributed by atoms with Gasteiger partial charge in [-0.05, 0) is 44.5 Å². The first-order chi connectivity index (χ1) is 10.1. The molecule has 0 atom stereocenters. The van der Waals surface area contributed by atoms with Crippen LogP contribution in [0, 0.1) is 6.92 Å². The lowest BCUT2D eigenvalue weighted by Gasteiger charge is -2.10. The van der Waals surface area contributed by atoms with Gasteiger partial charge in [-0.2, -0.15) is 15.0 Å². The standard InChI is InChI=1S/C14H18BrN5O/c1-4-16-12-18-13(20-14(19-12)21-5-2)17-11-7-9(3)6-10(15)8-11/h6-8H,4-5H2,1-3H3,(H2,16,17,18,19,20). The molecule has 2 aromatic rings. The lowest BCUT2D eigenvalue weighted by molar-refractivity contribution is 0.312. The molecular formula is C14H18BrN5O. The largest absolute Gasteiger partial charge is 0.464 e. The summed E-state index contributed by atoms with van der Waals surface area (Å²) in [5, 5.41) is 6.23. The van der Waals surface area contributed by atoms with Gasteiger partial charge in [0.15, 0.2) is 0 Å². The number of hydrogen-bond donors (Lipinski definition) is 2. The van der Waals surface area contributed by atoms with Gasteiger partial charge < -0.3 is 15.4 Å². The van der Waals surface area contributed by atoms with Gasteiger partial charge in [-0.15, -0.1) is 0 Å². The number of nitrogens with zero attached hydrogens (tertiary/aromatic N) is 3. The third-order valence-corrected chi connectivity index (χ3v) is 2.98. The summed E-state index contributed by atoms with van der Waals surface area (Å²) in [6.07, 6.45) is 0. The van der Waals surface area contributed by atoms with E-state index >= 15 is 0 Å². The lowest BCUT2D eigenvalue weighted by Crippen LogP contribution is -2.09. The summed E-state index contributed by atoms with van der Waals surface area (Å²) in [7, 11) is 0. The summed E-state index contributed by atoms with van der Waals surface area (Å²) in [5.41, 5.74) is 2.04. The van der Waals surface area contributed by atoms with E-state index in [1.807, 2.05) is 39.0 Å². The average Bonchev–Trinajstić information content (AvgIpc) is 2.37. The summed E-state index contributed by atoms with van der Waals surface area (Å²) < 4.78 is 6.36. The zero-order valence-corrected chi connectivity index (χ0v) is 13.9. The highest BCUT2D eigenvalue weighted by atomic mass is 79.9. The molecule has 0 bridgehead atoms. The van der Waals surface area contributed by atoms with E-state index in [1.54, 1.807) is 0 Å². The van der Waals surface area contributed by atoms with Crippen molar-refractivity contribution in [3.63, 3.8) is 0 Å². The monoisotopic (exact) mass is 351 g/mol. The van der Waals surface area contributed by atoms with Crippen LogP contribution in [0.4, 0.5) is 17.6 Å². The van der Waals surface area contributed by atoms with Crippen molar-refractivity contribution in [2.24, 2.45) is 0 Å². The Bertz CT molecular complexity index is 576. The van der Waals surface area contributed by atoms with Crippen molar-refractivity contribution >= 4 is 33.5 Å². The zero-order valence-electron chi connectivity index (χ0n) is 12.3. The van der Waals surface area contributed by atoms with Gasteiger partial charge in [0.25, 0.3) is 0 Å². The molecule has 0 fully saturated rings. The molecule has 1 heterocycles. The first-order valence-corrected chi connectivity index (χ1v) is 7.57. The maximum atomic E-state index is 5.37. The van der Waals surface area contributed by atoms with Crippen LogP contribution in [0.5, 0.6) is 6.01 Å². The highest BCUT2D eigenvalue weighted by Gasteiger charge is 2.07. The van der Waals surface area contributed by atoms with Crippen LogP contribution < -0.4 is 15.4 Å². The number of halogens is 1. The molecule has 2 rings (SSSR count). The minimum absolute atomic E-state index is 0.303. The van der Waals surface area contributed by atoms with Gasteiger partial charge in [0.2, 0.25) is 11.9 Å². The molecule has 21 heavy (non-hydrogen) atoms. The Hall–Kier alpha value is -1.89. The van der Waals surface area contributed by atoms with Crippen molar-refractivity contribution < 1.29 is 4.74 Å². The molecule has 0 saturated heterocycles. The van der Waals surface area contributed by atoms with Gasteiger partial charge in [-0.1, -0.05) is 15.9 Å². The minimum atomic E-state index is 0.303. The van der Waals surface area contributed by atoms with Crippen LogP contribution in [0.3, 0.4) is 0 Å². The summed E-state index contributed by atoms with van der Waals surface area (Å²) in [4.78, 5) is 12.8. The second-order valence-electron chi connectivity index (χ2n) is 4.37. The third-order valence-electron chi connectivity index (χ3n) is 2.52. The maximum absolute atomic E-state index is 5.37. The summed E-state index contributed by atoms with van der Waals surface area (Å²) in [6.45, 7) is 7.13. The van der Waals surface area contributed by atoms with Crippen LogP contribution in [0.25, 0.3) is 0 Å². The van der Waals surface area contributed by atoms with Gasteiger partial charge in [0.05, 0.1) is 6.61 Å². The van der Waals surface area contributed by atoms with Gasteiger partial charge in [0, 0.05) is 16.7 Å². The Morgan fingerprint density at radius 3 is 2.52 bits per heavy atom. The molecule has 1 aromatic carbocycles. The fraction of sp³-hybridized carbons (Fsp3) is 0.357. The number of aryl methyl sites for hydroxylation is 1. The smallest absolute Gasteiger partial charge is 0.323 e. The molecule has 0 aliphatic rings. The topological polar surface area (TPSA) is 72.0 Å². The second-order valence-corrected chi connectivity index (χ2v) is 5.29. The highest BCUT2D eigenvalue weighted by molar-refractivity contribution is 9.10. The maximum Gasteiger partial charge on any atom is 0.323 e. The molecule has 0 spiro atoms. The zero-order chi connectivity index (χ0) is 15.2. The molecule has 0 aliphatic carbocycles. The average molecular weight is 352 g/mol. The number of aromatic nitrogens is 3. The van der Waals surface area contributed by atoms with Crippen molar-refractivity contribution in [1.29, 1.82) is 0 Å².